The van der Waals surface area contributed by atoms with Crippen LogP contribution in [0.25, 0.3) is 0 Å². The van der Waals surface area contributed by atoms with Gasteiger partial charge < -0.3 is 5.32 Å². The van der Waals surface area contributed by atoms with E-state index in [4.69, 9.17) is 0 Å². The van der Waals surface area contributed by atoms with E-state index in [1.165, 1.54) is 25.7 Å². The molecule has 1 fully saturated rings. The van der Waals surface area contributed by atoms with Crippen LogP contribution in [-0.2, 0) is 0 Å². The molecule has 0 spiro atoms. The van der Waals surface area contributed by atoms with E-state index in [-0.39, 0.29) is 5.78 Å². The number of benzene rings is 1. The fraction of sp³-hybridized carbons (Fsp3) is 0.533. The largest absolute Gasteiger partial charge is 0.384 e. The van der Waals surface area contributed by atoms with Gasteiger partial charge in [-0.2, -0.15) is 11.8 Å². The molecule has 0 aliphatic heterocycles. The molecule has 1 aliphatic rings. The van der Waals surface area contributed by atoms with E-state index in [9.17, 15) is 4.79 Å². The van der Waals surface area contributed by atoms with Crippen LogP contribution in [-0.4, -0.2) is 23.3 Å². The zero-order valence-electron chi connectivity index (χ0n) is 11.2. The number of rotatable bonds is 5. The molecule has 0 aromatic heterocycles. The summed E-state index contributed by atoms with van der Waals surface area (Å²) in [6.45, 7) is 2.62. The topological polar surface area (TPSA) is 29.1 Å². The zero-order valence-corrected chi connectivity index (χ0v) is 12.0. The molecule has 2 rings (SSSR count). The minimum Gasteiger partial charge on any atom is -0.384 e. The predicted molar refractivity (Wildman–Crippen MR) is 79.7 cm³/mol. The van der Waals surface area contributed by atoms with Gasteiger partial charge >= 0.3 is 0 Å². The summed E-state index contributed by atoms with van der Waals surface area (Å²) in [6, 6.07) is 7.79. The van der Waals surface area contributed by atoms with E-state index in [2.05, 4.69) is 11.6 Å². The average Bonchev–Trinajstić information content (AvgIpc) is 2.86. The zero-order chi connectivity index (χ0) is 13.0. The quantitative estimate of drug-likeness (QED) is 0.815. The SMILES string of the molecule is CSC1(CNc2ccc(C(C)=O)cc2)CCCC1. The molecule has 0 heterocycles. The van der Waals surface area contributed by atoms with Crippen molar-refractivity contribution in [3.8, 4) is 0 Å². The highest BCUT2D eigenvalue weighted by molar-refractivity contribution is 8.00. The first-order chi connectivity index (χ1) is 8.65. The normalized spacial score (nSPS) is 17.7. The van der Waals surface area contributed by atoms with Gasteiger partial charge in [0.25, 0.3) is 0 Å². The fourth-order valence-corrected chi connectivity index (χ4v) is 3.47. The lowest BCUT2D eigenvalue weighted by molar-refractivity contribution is 0.101. The van der Waals surface area contributed by atoms with Crippen molar-refractivity contribution in [1.29, 1.82) is 0 Å². The second-order valence-electron chi connectivity index (χ2n) is 5.08. The van der Waals surface area contributed by atoms with Crippen molar-refractivity contribution in [2.45, 2.75) is 37.4 Å². The highest BCUT2D eigenvalue weighted by Gasteiger charge is 2.32. The van der Waals surface area contributed by atoms with E-state index < -0.39 is 0 Å². The van der Waals surface area contributed by atoms with Crippen LogP contribution in [0.15, 0.2) is 24.3 Å². The third-order valence-electron chi connectivity index (χ3n) is 3.85. The minimum absolute atomic E-state index is 0.123. The maximum atomic E-state index is 11.2. The molecule has 1 aromatic rings. The lowest BCUT2D eigenvalue weighted by Gasteiger charge is -2.27. The Morgan fingerprint density at radius 2 is 1.89 bits per heavy atom. The van der Waals surface area contributed by atoms with Crippen LogP contribution in [0.1, 0.15) is 43.0 Å². The van der Waals surface area contributed by atoms with Gasteiger partial charge in [-0.3, -0.25) is 4.79 Å². The lowest BCUT2D eigenvalue weighted by atomic mass is 10.1. The highest BCUT2D eigenvalue weighted by Crippen LogP contribution is 2.40. The van der Waals surface area contributed by atoms with Gasteiger partial charge in [-0.25, -0.2) is 0 Å². The number of nitrogens with one attached hydrogen (secondary N) is 1. The third-order valence-corrected chi connectivity index (χ3v) is 5.27. The smallest absolute Gasteiger partial charge is 0.159 e. The Bertz CT molecular complexity index is 407. The van der Waals surface area contributed by atoms with Crippen LogP contribution in [0.5, 0.6) is 0 Å². The Morgan fingerprint density at radius 3 is 2.39 bits per heavy atom. The van der Waals surface area contributed by atoms with Crippen molar-refractivity contribution in [2.24, 2.45) is 0 Å². The van der Waals surface area contributed by atoms with Gasteiger partial charge in [0.05, 0.1) is 0 Å². The standard InChI is InChI=1S/C15H21NOS/c1-12(17)13-5-7-14(8-6-13)16-11-15(18-2)9-3-4-10-15/h5-8,16H,3-4,9-11H2,1-2H3. The average molecular weight is 263 g/mol. The number of hydrogen-bond acceptors (Lipinski definition) is 3. The molecule has 1 saturated carbocycles. The van der Waals surface area contributed by atoms with Crippen LogP contribution in [0.2, 0.25) is 0 Å². The van der Waals surface area contributed by atoms with Crippen molar-refractivity contribution in [1.82, 2.24) is 0 Å². The van der Waals surface area contributed by atoms with Crippen molar-refractivity contribution in [3.63, 3.8) is 0 Å². The van der Waals surface area contributed by atoms with Gasteiger partial charge in [0, 0.05) is 22.5 Å². The van der Waals surface area contributed by atoms with E-state index in [0.717, 1.165) is 17.8 Å². The van der Waals surface area contributed by atoms with Crippen molar-refractivity contribution < 1.29 is 4.79 Å². The molecular formula is C15H21NOS. The van der Waals surface area contributed by atoms with Gasteiger partial charge in [0.15, 0.2) is 5.78 Å². The van der Waals surface area contributed by atoms with Crippen molar-refractivity contribution in [2.75, 3.05) is 18.1 Å². The van der Waals surface area contributed by atoms with Crippen LogP contribution in [0.3, 0.4) is 0 Å². The molecule has 0 saturated heterocycles. The lowest BCUT2D eigenvalue weighted by Crippen LogP contribution is -2.29. The minimum atomic E-state index is 0.123. The molecular weight excluding hydrogens is 242 g/mol. The summed E-state index contributed by atoms with van der Waals surface area (Å²) in [4.78, 5) is 11.2. The summed E-state index contributed by atoms with van der Waals surface area (Å²) in [5.74, 6) is 0.123. The summed E-state index contributed by atoms with van der Waals surface area (Å²) in [7, 11) is 0. The maximum absolute atomic E-state index is 11.2. The molecule has 0 atom stereocenters. The van der Waals surface area contributed by atoms with E-state index in [0.29, 0.717) is 4.75 Å². The predicted octanol–water partition coefficient (Wildman–Crippen LogP) is 3.98. The van der Waals surface area contributed by atoms with Crippen LogP contribution < -0.4 is 5.32 Å². The van der Waals surface area contributed by atoms with Crippen LogP contribution in [0.4, 0.5) is 5.69 Å². The molecule has 1 aliphatic carbocycles. The number of anilines is 1. The Hall–Kier alpha value is -0.960. The number of hydrogen-bond donors (Lipinski definition) is 1. The summed E-state index contributed by atoms with van der Waals surface area (Å²) >= 11 is 1.99. The van der Waals surface area contributed by atoms with Crippen molar-refractivity contribution in [3.05, 3.63) is 29.8 Å². The van der Waals surface area contributed by atoms with E-state index in [1.54, 1.807) is 6.92 Å². The summed E-state index contributed by atoms with van der Waals surface area (Å²) < 4.78 is 0.416. The molecule has 18 heavy (non-hydrogen) atoms. The molecule has 1 aromatic carbocycles. The number of carbonyl (C=O) groups is 1. The fourth-order valence-electron chi connectivity index (χ4n) is 2.56. The number of ketones is 1. The number of Topliss-reactive ketones (excluding diaryl/α,β-unsaturated/α-hetero) is 1. The van der Waals surface area contributed by atoms with Crippen molar-refractivity contribution >= 4 is 23.2 Å². The molecule has 0 bridgehead atoms. The molecule has 0 unspecified atom stereocenters. The molecule has 0 amide bonds. The highest BCUT2D eigenvalue weighted by atomic mass is 32.2. The van der Waals surface area contributed by atoms with E-state index >= 15 is 0 Å². The van der Waals surface area contributed by atoms with Gasteiger partial charge in [0.2, 0.25) is 0 Å². The molecule has 1 N–H and O–H groups in total. The van der Waals surface area contributed by atoms with Crippen LogP contribution >= 0.6 is 11.8 Å². The van der Waals surface area contributed by atoms with Crippen LogP contribution in [0, 0.1) is 0 Å². The first kappa shape index (κ1) is 13.5. The second kappa shape index (κ2) is 5.79. The Labute approximate surface area is 114 Å². The number of carbonyl (C=O) groups excluding carboxylic acids is 1. The second-order valence-corrected chi connectivity index (χ2v) is 6.36. The first-order valence-corrected chi connectivity index (χ1v) is 7.78. The van der Waals surface area contributed by atoms with Gasteiger partial charge in [0.1, 0.15) is 0 Å². The maximum Gasteiger partial charge on any atom is 0.159 e. The van der Waals surface area contributed by atoms with Gasteiger partial charge in [-0.15, -0.1) is 0 Å². The summed E-state index contributed by atoms with van der Waals surface area (Å²) in [6.07, 6.45) is 7.54. The Balaban J connectivity index is 1.95. The van der Waals surface area contributed by atoms with Gasteiger partial charge in [-0.05, 0) is 50.3 Å². The summed E-state index contributed by atoms with van der Waals surface area (Å²) in [5, 5.41) is 3.51. The molecule has 98 valence electrons. The first-order valence-electron chi connectivity index (χ1n) is 6.55. The third kappa shape index (κ3) is 3.08. The summed E-state index contributed by atoms with van der Waals surface area (Å²) in [5.41, 5.74) is 1.89. The molecule has 3 heteroatoms. The Kier molecular flexibility index (Phi) is 4.33. The monoisotopic (exact) mass is 263 g/mol. The molecule has 0 radical (unpaired) electrons. The van der Waals surface area contributed by atoms with E-state index in [1.807, 2.05) is 36.0 Å². The number of thioether (sulfide) groups is 1. The molecule has 2 nitrogen and oxygen atoms in total. The van der Waals surface area contributed by atoms with Gasteiger partial charge in [-0.1, -0.05) is 12.8 Å². The Morgan fingerprint density at radius 1 is 1.28 bits per heavy atom.